The van der Waals surface area contributed by atoms with Crippen LogP contribution in [-0.2, 0) is 7.05 Å². The normalized spacial score (nSPS) is 9.70. The summed E-state index contributed by atoms with van der Waals surface area (Å²) >= 11 is 0. The third kappa shape index (κ3) is 5.54. The van der Waals surface area contributed by atoms with E-state index in [2.05, 4.69) is 15.4 Å². The van der Waals surface area contributed by atoms with Gasteiger partial charge in [0.2, 0.25) is 0 Å². The van der Waals surface area contributed by atoms with Gasteiger partial charge in [0, 0.05) is 24.6 Å². The SMILES string of the molecule is Cc1ccc(Nc2cc(F)cc(C#N)c2)c(C(=O)O)n1.Cn1ccc(N)n1. The Balaban J connectivity index is 0.000000313. The average molecular weight is 368 g/mol. The van der Waals surface area contributed by atoms with E-state index in [0.29, 0.717) is 11.5 Å². The Bertz CT molecular complexity index is 993. The number of anilines is 3. The molecular weight excluding hydrogens is 351 g/mol. The minimum absolute atomic E-state index is 0.143. The number of hydrogen-bond donors (Lipinski definition) is 3. The Morgan fingerprint density at radius 1 is 1.33 bits per heavy atom. The summed E-state index contributed by atoms with van der Waals surface area (Å²) in [7, 11) is 1.83. The van der Waals surface area contributed by atoms with Gasteiger partial charge in [0.25, 0.3) is 0 Å². The zero-order valence-corrected chi connectivity index (χ0v) is 14.6. The van der Waals surface area contributed by atoms with Crippen molar-refractivity contribution in [2.75, 3.05) is 11.1 Å². The molecule has 0 aliphatic rings. The summed E-state index contributed by atoms with van der Waals surface area (Å²) in [6, 6.07) is 10.5. The summed E-state index contributed by atoms with van der Waals surface area (Å²) in [4.78, 5) is 15.0. The van der Waals surface area contributed by atoms with E-state index >= 15 is 0 Å². The van der Waals surface area contributed by atoms with Crippen LogP contribution in [0.25, 0.3) is 0 Å². The molecule has 27 heavy (non-hydrogen) atoms. The highest BCUT2D eigenvalue weighted by Gasteiger charge is 2.13. The lowest BCUT2D eigenvalue weighted by Gasteiger charge is -2.10. The Kier molecular flexibility index (Phi) is 6.06. The largest absolute Gasteiger partial charge is 0.476 e. The number of pyridine rings is 1. The number of nitriles is 1. The molecule has 4 N–H and O–H groups in total. The first kappa shape index (κ1) is 19.4. The molecule has 0 saturated carbocycles. The summed E-state index contributed by atoms with van der Waals surface area (Å²) in [6.45, 7) is 1.67. The lowest BCUT2D eigenvalue weighted by Crippen LogP contribution is -2.06. The molecule has 0 bridgehead atoms. The molecule has 138 valence electrons. The summed E-state index contributed by atoms with van der Waals surface area (Å²) in [5.74, 6) is -1.20. The number of nitrogens with two attached hydrogens (primary N) is 1. The predicted octanol–water partition coefficient (Wildman–Crippen LogP) is 2.84. The van der Waals surface area contributed by atoms with Crippen LogP contribution in [0.2, 0.25) is 0 Å². The summed E-state index contributed by atoms with van der Waals surface area (Å²) in [6.07, 6.45) is 1.80. The summed E-state index contributed by atoms with van der Waals surface area (Å²) < 4.78 is 15.0. The highest BCUT2D eigenvalue weighted by Crippen LogP contribution is 2.22. The second kappa shape index (κ2) is 8.44. The van der Waals surface area contributed by atoms with Crippen molar-refractivity contribution < 1.29 is 14.3 Å². The second-order valence-corrected chi connectivity index (χ2v) is 5.53. The first-order chi connectivity index (χ1) is 12.8. The molecule has 0 aliphatic carbocycles. The first-order valence-electron chi connectivity index (χ1n) is 7.72. The number of nitrogen functional groups attached to an aromatic ring is 1. The van der Waals surface area contributed by atoms with E-state index in [1.807, 2.05) is 13.1 Å². The number of nitrogens with zero attached hydrogens (tertiary/aromatic N) is 4. The third-order valence-electron chi connectivity index (χ3n) is 3.28. The van der Waals surface area contributed by atoms with Gasteiger partial charge in [-0.15, -0.1) is 0 Å². The summed E-state index contributed by atoms with van der Waals surface area (Å²) in [5.41, 5.74) is 6.31. The Hall–Kier alpha value is -3.93. The molecule has 0 unspecified atom stereocenters. The monoisotopic (exact) mass is 368 g/mol. The number of carboxylic acids is 1. The van der Waals surface area contributed by atoms with E-state index in [1.54, 1.807) is 36.0 Å². The van der Waals surface area contributed by atoms with Gasteiger partial charge in [-0.2, -0.15) is 10.4 Å². The molecule has 9 heteroatoms. The Morgan fingerprint density at radius 2 is 2.07 bits per heavy atom. The van der Waals surface area contributed by atoms with Gasteiger partial charge in [0.15, 0.2) is 5.69 Å². The fourth-order valence-electron chi connectivity index (χ4n) is 2.14. The van der Waals surface area contributed by atoms with Gasteiger partial charge in [-0.25, -0.2) is 14.2 Å². The minimum Gasteiger partial charge on any atom is -0.476 e. The standard InChI is InChI=1S/C14H10FN3O2.C4H7N3/c1-8-2-3-12(13(17-8)14(19)20)18-11-5-9(7-16)4-10(15)6-11;1-7-3-2-4(5)6-7/h2-6,18H,1H3,(H,19,20);2-3H,1H3,(H2,5,6). The van der Waals surface area contributed by atoms with Crippen molar-refractivity contribution in [3.05, 3.63) is 65.4 Å². The number of carboxylic acid groups (broad SMARTS) is 1. The molecule has 3 aromatic rings. The van der Waals surface area contributed by atoms with E-state index in [1.165, 1.54) is 12.1 Å². The lowest BCUT2D eigenvalue weighted by atomic mass is 10.2. The minimum atomic E-state index is -1.19. The highest BCUT2D eigenvalue weighted by molar-refractivity contribution is 5.93. The summed E-state index contributed by atoms with van der Waals surface area (Å²) in [5, 5.41) is 24.4. The molecule has 3 rings (SSSR count). The quantitative estimate of drug-likeness (QED) is 0.648. The molecule has 0 amide bonds. The van der Waals surface area contributed by atoms with Crippen molar-refractivity contribution in [3.63, 3.8) is 0 Å². The smallest absolute Gasteiger partial charge is 0.356 e. The first-order valence-corrected chi connectivity index (χ1v) is 7.72. The van der Waals surface area contributed by atoms with Crippen molar-refractivity contribution in [2.24, 2.45) is 7.05 Å². The molecule has 0 atom stereocenters. The second-order valence-electron chi connectivity index (χ2n) is 5.53. The van der Waals surface area contributed by atoms with Gasteiger partial charge < -0.3 is 16.2 Å². The fourth-order valence-corrected chi connectivity index (χ4v) is 2.14. The van der Waals surface area contributed by atoms with Gasteiger partial charge in [0.1, 0.15) is 11.6 Å². The zero-order chi connectivity index (χ0) is 20.0. The van der Waals surface area contributed by atoms with Crippen LogP contribution in [0.15, 0.2) is 42.6 Å². The lowest BCUT2D eigenvalue weighted by molar-refractivity contribution is 0.0691. The van der Waals surface area contributed by atoms with E-state index < -0.39 is 11.8 Å². The number of carbonyl (C=O) groups is 1. The van der Waals surface area contributed by atoms with E-state index in [-0.39, 0.29) is 22.6 Å². The number of rotatable bonds is 3. The molecule has 0 saturated heterocycles. The number of aromatic carboxylic acids is 1. The van der Waals surface area contributed by atoms with E-state index in [0.717, 1.165) is 6.07 Å². The molecule has 8 nitrogen and oxygen atoms in total. The highest BCUT2D eigenvalue weighted by atomic mass is 19.1. The molecular formula is C18H17FN6O2. The topological polar surface area (TPSA) is 130 Å². The van der Waals surface area contributed by atoms with E-state index in [9.17, 15) is 9.18 Å². The maximum Gasteiger partial charge on any atom is 0.356 e. The number of aryl methyl sites for hydroxylation is 2. The van der Waals surface area contributed by atoms with Gasteiger partial charge in [0.05, 0.1) is 17.3 Å². The van der Waals surface area contributed by atoms with Crippen LogP contribution in [0, 0.1) is 24.1 Å². The van der Waals surface area contributed by atoms with Gasteiger partial charge >= 0.3 is 5.97 Å². The molecule has 0 aliphatic heterocycles. The third-order valence-corrected chi connectivity index (χ3v) is 3.28. The van der Waals surface area contributed by atoms with Crippen LogP contribution < -0.4 is 11.1 Å². The van der Waals surface area contributed by atoms with Crippen molar-refractivity contribution in [1.82, 2.24) is 14.8 Å². The van der Waals surface area contributed by atoms with Crippen LogP contribution >= 0.6 is 0 Å². The van der Waals surface area contributed by atoms with Gasteiger partial charge in [-0.3, -0.25) is 4.68 Å². The number of halogens is 1. The van der Waals surface area contributed by atoms with Crippen LogP contribution in [0.3, 0.4) is 0 Å². The van der Waals surface area contributed by atoms with Crippen molar-refractivity contribution in [1.29, 1.82) is 5.26 Å². The van der Waals surface area contributed by atoms with Crippen molar-refractivity contribution in [3.8, 4) is 6.07 Å². The maximum absolute atomic E-state index is 13.3. The van der Waals surface area contributed by atoms with E-state index in [4.69, 9.17) is 16.1 Å². The number of benzene rings is 1. The molecule has 0 radical (unpaired) electrons. The molecule has 0 spiro atoms. The molecule has 0 fully saturated rings. The van der Waals surface area contributed by atoms with Crippen LogP contribution in [0.5, 0.6) is 0 Å². The predicted molar refractivity (Wildman–Crippen MR) is 98.0 cm³/mol. The van der Waals surface area contributed by atoms with Crippen molar-refractivity contribution in [2.45, 2.75) is 6.92 Å². The molecule has 2 heterocycles. The molecule has 2 aromatic heterocycles. The maximum atomic E-state index is 13.3. The fraction of sp³-hybridized carbons (Fsp3) is 0.111. The van der Waals surface area contributed by atoms with Crippen molar-refractivity contribution >= 4 is 23.2 Å². The van der Waals surface area contributed by atoms with Crippen LogP contribution in [-0.4, -0.2) is 25.8 Å². The zero-order valence-electron chi connectivity index (χ0n) is 14.6. The van der Waals surface area contributed by atoms with Gasteiger partial charge in [-0.1, -0.05) is 0 Å². The Morgan fingerprint density at radius 3 is 2.59 bits per heavy atom. The average Bonchev–Trinajstić information content (AvgIpc) is 2.99. The number of hydrogen-bond acceptors (Lipinski definition) is 6. The Labute approximate surface area is 154 Å². The van der Waals surface area contributed by atoms with Crippen LogP contribution in [0.4, 0.5) is 21.6 Å². The molecule has 1 aromatic carbocycles. The number of aromatic nitrogens is 3. The number of nitrogens with one attached hydrogen (secondary N) is 1. The van der Waals surface area contributed by atoms with Gasteiger partial charge in [-0.05, 0) is 43.3 Å². The van der Waals surface area contributed by atoms with Crippen LogP contribution in [0.1, 0.15) is 21.7 Å².